The predicted octanol–water partition coefficient (Wildman–Crippen LogP) is 6.26. The Morgan fingerprint density at radius 3 is 2.80 bits per heavy atom. The molecule has 0 spiro atoms. The van der Waals surface area contributed by atoms with Crippen LogP contribution in [0.25, 0.3) is 5.57 Å². The topological polar surface area (TPSA) is 0 Å². The van der Waals surface area contributed by atoms with Gasteiger partial charge in [0.1, 0.15) is 0 Å². The molecule has 1 atom stereocenters. The minimum atomic E-state index is 0.396. The minimum absolute atomic E-state index is 0.396. The summed E-state index contributed by atoms with van der Waals surface area (Å²) in [6.45, 7) is 6.06. The van der Waals surface area contributed by atoms with Crippen molar-refractivity contribution in [2.45, 2.75) is 32.1 Å². The summed E-state index contributed by atoms with van der Waals surface area (Å²) in [7, 11) is 0. The molecule has 0 N–H and O–H groups in total. The van der Waals surface area contributed by atoms with Gasteiger partial charge in [0.2, 0.25) is 0 Å². The van der Waals surface area contributed by atoms with Gasteiger partial charge in [-0.3, -0.25) is 0 Å². The summed E-state index contributed by atoms with van der Waals surface area (Å²) in [6, 6.07) is 6.86. The third-order valence-corrected chi connectivity index (χ3v) is 4.21. The molecule has 2 rings (SSSR count). The summed E-state index contributed by atoms with van der Waals surface area (Å²) < 4.78 is 1.29. The average molecular weight is 376 g/mol. The molecule has 1 unspecified atom stereocenters. The van der Waals surface area contributed by atoms with Gasteiger partial charge in [-0.15, -0.1) is 6.58 Å². The van der Waals surface area contributed by atoms with E-state index in [-0.39, 0.29) is 0 Å². The normalized spacial score (nSPS) is 16.2. The second-order valence-electron chi connectivity index (χ2n) is 5.06. The molecule has 0 saturated carbocycles. The Bertz CT molecular complexity index is 561. The lowest BCUT2D eigenvalue weighted by Crippen LogP contribution is -1.97. The maximum atomic E-state index is 4.00. The van der Waals surface area contributed by atoms with Crippen molar-refractivity contribution in [3.8, 4) is 0 Å². The molecular weight excluding hydrogens is 355 g/mol. The predicted molar refractivity (Wildman–Crippen MR) is 97.9 cm³/mol. The van der Waals surface area contributed by atoms with Crippen molar-refractivity contribution in [3.63, 3.8) is 0 Å². The SMILES string of the molecule is C=CC(C/C=C\C)c1cc(I)cc(C2=CCCC=C2)c1. The van der Waals surface area contributed by atoms with Crippen LogP contribution in [-0.4, -0.2) is 0 Å². The molecule has 0 aliphatic heterocycles. The van der Waals surface area contributed by atoms with Crippen LogP contribution in [0.4, 0.5) is 0 Å². The first-order valence-corrected chi connectivity index (χ1v) is 8.23. The van der Waals surface area contributed by atoms with E-state index >= 15 is 0 Å². The van der Waals surface area contributed by atoms with Crippen molar-refractivity contribution in [2.75, 3.05) is 0 Å². The highest BCUT2D eigenvalue weighted by molar-refractivity contribution is 14.1. The highest BCUT2D eigenvalue weighted by Gasteiger charge is 2.10. The largest absolute Gasteiger partial charge is 0.102 e. The first-order valence-electron chi connectivity index (χ1n) is 7.16. The highest BCUT2D eigenvalue weighted by atomic mass is 127. The molecule has 0 aromatic heterocycles. The molecule has 20 heavy (non-hydrogen) atoms. The summed E-state index contributed by atoms with van der Waals surface area (Å²) in [5, 5.41) is 0. The maximum Gasteiger partial charge on any atom is 0.0139 e. The van der Waals surface area contributed by atoms with Gasteiger partial charge in [-0.25, -0.2) is 0 Å². The molecule has 0 saturated heterocycles. The van der Waals surface area contributed by atoms with Crippen molar-refractivity contribution in [1.29, 1.82) is 0 Å². The molecule has 1 aromatic rings. The summed E-state index contributed by atoms with van der Waals surface area (Å²) in [5.74, 6) is 0.396. The van der Waals surface area contributed by atoms with Gasteiger partial charge >= 0.3 is 0 Å². The number of benzene rings is 1. The zero-order chi connectivity index (χ0) is 14.4. The van der Waals surface area contributed by atoms with Crippen LogP contribution in [0.2, 0.25) is 0 Å². The second-order valence-corrected chi connectivity index (χ2v) is 6.30. The number of rotatable bonds is 5. The van der Waals surface area contributed by atoms with Crippen molar-refractivity contribution in [2.24, 2.45) is 0 Å². The molecule has 0 amide bonds. The van der Waals surface area contributed by atoms with E-state index in [1.54, 1.807) is 0 Å². The molecule has 0 nitrogen and oxygen atoms in total. The van der Waals surface area contributed by atoms with Gasteiger partial charge in [-0.05, 0) is 77.6 Å². The second kappa shape index (κ2) is 7.63. The Hall–Kier alpha value is -1.09. The van der Waals surface area contributed by atoms with Gasteiger partial charge < -0.3 is 0 Å². The molecule has 0 radical (unpaired) electrons. The highest BCUT2D eigenvalue weighted by Crippen LogP contribution is 2.29. The summed E-state index contributed by atoms with van der Waals surface area (Å²) in [6.07, 6.45) is 16.6. The van der Waals surface area contributed by atoms with Gasteiger partial charge in [0, 0.05) is 9.49 Å². The molecule has 104 valence electrons. The summed E-state index contributed by atoms with van der Waals surface area (Å²) in [4.78, 5) is 0. The fourth-order valence-corrected chi connectivity index (χ4v) is 3.17. The molecule has 0 fully saturated rings. The van der Waals surface area contributed by atoms with E-state index in [1.807, 2.05) is 0 Å². The molecule has 0 bridgehead atoms. The number of allylic oxidation sites excluding steroid dienone is 7. The van der Waals surface area contributed by atoms with Gasteiger partial charge in [0.15, 0.2) is 0 Å². The van der Waals surface area contributed by atoms with Gasteiger partial charge in [0.25, 0.3) is 0 Å². The van der Waals surface area contributed by atoms with Crippen LogP contribution in [-0.2, 0) is 0 Å². The van der Waals surface area contributed by atoms with Crippen LogP contribution in [0.5, 0.6) is 0 Å². The van der Waals surface area contributed by atoms with Crippen LogP contribution < -0.4 is 0 Å². The zero-order valence-electron chi connectivity index (χ0n) is 12.0. The van der Waals surface area contributed by atoms with Crippen molar-refractivity contribution >= 4 is 28.2 Å². The Morgan fingerprint density at radius 1 is 1.30 bits per heavy atom. The maximum absolute atomic E-state index is 4.00. The summed E-state index contributed by atoms with van der Waals surface area (Å²) in [5.41, 5.74) is 4.04. The van der Waals surface area contributed by atoms with Crippen LogP contribution in [0.3, 0.4) is 0 Å². The van der Waals surface area contributed by atoms with E-state index < -0.39 is 0 Å². The van der Waals surface area contributed by atoms with Crippen molar-refractivity contribution in [1.82, 2.24) is 0 Å². The Labute approximate surface area is 136 Å². The van der Waals surface area contributed by atoms with Gasteiger partial charge in [0.05, 0.1) is 0 Å². The first-order chi connectivity index (χ1) is 9.74. The molecule has 1 heteroatoms. The van der Waals surface area contributed by atoms with E-state index in [0.29, 0.717) is 5.92 Å². The Morgan fingerprint density at radius 2 is 2.15 bits per heavy atom. The average Bonchev–Trinajstić information content (AvgIpc) is 2.48. The molecule has 1 aliphatic rings. The van der Waals surface area contributed by atoms with Crippen LogP contribution in [0, 0.1) is 3.57 Å². The zero-order valence-corrected chi connectivity index (χ0v) is 14.1. The number of hydrogen-bond acceptors (Lipinski definition) is 0. The van der Waals surface area contributed by atoms with Crippen LogP contribution >= 0.6 is 22.6 Å². The quantitative estimate of drug-likeness (QED) is 0.420. The lowest BCUT2D eigenvalue weighted by molar-refractivity contribution is 0.863. The Kier molecular flexibility index (Phi) is 5.84. The van der Waals surface area contributed by atoms with E-state index in [4.69, 9.17) is 0 Å². The first kappa shape index (κ1) is 15.3. The van der Waals surface area contributed by atoms with Gasteiger partial charge in [-0.1, -0.05) is 42.5 Å². The summed E-state index contributed by atoms with van der Waals surface area (Å²) >= 11 is 2.41. The van der Waals surface area contributed by atoms with E-state index in [9.17, 15) is 0 Å². The monoisotopic (exact) mass is 376 g/mol. The van der Waals surface area contributed by atoms with Crippen molar-refractivity contribution < 1.29 is 0 Å². The molecule has 0 heterocycles. The fourth-order valence-electron chi connectivity index (χ4n) is 2.47. The number of hydrogen-bond donors (Lipinski definition) is 0. The van der Waals surface area contributed by atoms with Gasteiger partial charge in [-0.2, -0.15) is 0 Å². The lowest BCUT2D eigenvalue weighted by atomic mass is 9.91. The van der Waals surface area contributed by atoms with Crippen molar-refractivity contribution in [3.05, 3.63) is 75.9 Å². The lowest BCUT2D eigenvalue weighted by Gasteiger charge is -2.15. The smallest absolute Gasteiger partial charge is 0.0139 e. The van der Waals surface area contributed by atoms with Crippen LogP contribution in [0.15, 0.2) is 61.2 Å². The van der Waals surface area contributed by atoms with E-state index in [2.05, 4.69) is 90.7 Å². The molecule has 1 aliphatic carbocycles. The van der Waals surface area contributed by atoms with E-state index in [1.165, 1.54) is 20.3 Å². The van der Waals surface area contributed by atoms with E-state index in [0.717, 1.165) is 19.3 Å². The molecule has 1 aromatic carbocycles. The van der Waals surface area contributed by atoms with Crippen LogP contribution in [0.1, 0.15) is 43.2 Å². The minimum Gasteiger partial charge on any atom is -0.102 e. The Balaban J connectivity index is 2.34. The fraction of sp³-hybridized carbons (Fsp3) is 0.263. The number of halogens is 1. The molecular formula is C19H21I. The third kappa shape index (κ3) is 3.95. The standard InChI is InChI=1S/C19H21I/c1-3-5-9-15(4-2)17-12-18(14-19(20)13-17)16-10-7-6-8-11-16/h3-5,7,10-15H,2,6,8-9H2,1H3/b5-3-. The third-order valence-electron chi connectivity index (χ3n) is 3.59.